The van der Waals surface area contributed by atoms with Gasteiger partial charge in [0.05, 0.1) is 0 Å². The minimum Gasteiger partial charge on any atom is -0.508 e. The Morgan fingerprint density at radius 3 is 2.15 bits per heavy atom. The molecule has 4 rings (SSSR count). The largest absolute Gasteiger partial charge is 0.508 e. The number of aliphatic imine (C=N–C) groups is 1. The number of ether oxygens (including phenoxy) is 1. The number of carbonyl (C=O) groups is 7. The molecule has 2 fully saturated rings. The number of aromatic hydroxyl groups is 1. The van der Waals surface area contributed by atoms with E-state index in [1.165, 1.54) is 31.3 Å². The van der Waals surface area contributed by atoms with Gasteiger partial charge in [0.25, 0.3) is 5.91 Å². The van der Waals surface area contributed by atoms with Gasteiger partial charge in [-0.15, -0.1) is 0 Å². The van der Waals surface area contributed by atoms with E-state index >= 15 is 0 Å². The van der Waals surface area contributed by atoms with Gasteiger partial charge < -0.3 is 62.6 Å². The van der Waals surface area contributed by atoms with E-state index in [-0.39, 0.29) is 56.8 Å². The molecule has 9 atom stereocenters. The summed E-state index contributed by atoms with van der Waals surface area (Å²) in [5.41, 5.74) is 12.0. The van der Waals surface area contributed by atoms with Crippen molar-refractivity contribution in [3.8, 4) is 5.75 Å². The molecule has 0 aliphatic carbocycles. The zero-order valence-electron chi connectivity index (χ0n) is 37.3. The minimum atomic E-state index is -5.14. The van der Waals surface area contributed by atoms with Crippen LogP contribution >= 0.6 is 0 Å². The van der Waals surface area contributed by atoms with Gasteiger partial charge in [0.2, 0.25) is 29.5 Å². The fourth-order valence-corrected chi connectivity index (χ4v) is 7.74. The van der Waals surface area contributed by atoms with Crippen LogP contribution in [0.1, 0.15) is 57.6 Å². The fraction of sp³-hybridized carbons (Fsp3) is 0.524. The lowest BCUT2D eigenvalue weighted by Gasteiger charge is -2.43. The number of aliphatic hydroxyl groups is 2. The number of likely N-dealkylation sites (N-methyl/N-ethyl adjacent to an activating group) is 1. The van der Waals surface area contributed by atoms with Crippen molar-refractivity contribution in [2.24, 2.45) is 22.4 Å². The molecular formula is C42H59N9O15S. The molecule has 368 valence electrons. The molecule has 67 heavy (non-hydrogen) atoms. The van der Waals surface area contributed by atoms with Crippen molar-refractivity contribution in [3.05, 3.63) is 65.7 Å². The quantitative estimate of drug-likeness (QED) is 0.0298. The maximum absolute atomic E-state index is 15.0. The number of aliphatic hydroxyl groups excluding tert-OH is 2. The molecule has 0 spiro atoms. The number of nitrogens with one attached hydrogen (secondary N) is 4. The van der Waals surface area contributed by atoms with Gasteiger partial charge in [-0.25, -0.2) is 8.98 Å². The van der Waals surface area contributed by atoms with Crippen molar-refractivity contribution in [1.29, 1.82) is 0 Å². The average molecular weight is 962 g/mol. The number of benzene rings is 2. The Morgan fingerprint density at radius 2 is 1.54 bits per heavy atom. The van der Waals surface area contributed by atoms with Gasteiger partial charge in [0, 0.05) is 26.4 Å². The average Bonchev–Trinajstić information content (AvgIpc) is 3.26. The molecule has 0 radical (unpaired) electrons. The van der Waals surface area contributed by atoms with Crippen molar-refractivity contribution in [2.75, 3.05) is 20.2 Å². The second kappa shape index (κ2) is 23.9. The molecule has 25 heteroatoms. The van der Waals surface area contributed by atoms with E-state index in [4.69, 9.17) is 20.8 Å². The minimum absolute atomic E-state index is 0.0364. The lowest BCUT2D eigenvalue weighted by molar-refractivity contribution is -0.165. The number of rotatable bonds is 14. The lowest BCUT2D eigenvalue weighted by atomic mass is 9.95. The Hall–Kier alpha value is -6.41. The molecule has 24 nitrogen and oxygen atoms in total. The number of cyclic esters (lactones) is 1. The molecule has 2 aliphatic heterocycles. The molecule has 6 amide bonds. The van der Waals surface area contributed by atoms with Crippen LogP contribution in [0.3, 0.4) is 0 Å². The summed E-state index contributed by atoms with van der Waals surface area (Å²) in [6.45, 7) is 2.92. The van der Waals surface area contributed by atoms with Gasteiger partial charge in [-0.1, -0.05) is 56.3 Å². The summed E-state index contributed by atoms with van der Waals surface area (Å²) < 4.78 is 41.0. The van der Waals surface area contributed by atoms with Crippen molar-refractivity contribution in [1.82, 2.24) is 31.1 Å². The first kappa shape index (κ1) is 53.2. The SMILES string of the molecule is CC(C)C1NC(=O)[C@@H](Cc2ccc(O)cc2)N(C)C(=O)[C@@H](Cc2ccccc2)N2C(=O)[C@@H](CC[C@@H]2O)NC(=O)C(CCCN=C(N)N)NC(=O)C(NC(=O)C(O)COS(=O)(=O)O)[C@H](C)OC1=O. The number of fused-ring (bicyclic) bond motifs is 2. The van der Waals surface area contributed by atoms with Crippen molar-refractivity contribution in [2.45, 2.75) is 114 Å². The molecule has 4 unspecified atom stereocenters. The molecule has 2 bridgehead atoms. The monoisotopic (exact) mass is 961 g/mol. The van der Waals surface area contributed by atoms with Gasteiger partial charge in [-0.05, 0) is 61.8 Å². The number of phenolic OH excluding ortho intramolecular Hbond substituents is 1. The number of esters is 1. The van der Waals surface area contributed by atoms with Crippen LogP contribution < -0.4 is 32.7 Å². The number of guanidine groups is 1. The zero-order valence-corrected chi connectivity index (χ0v) is 38.1. The van der Waals surface area contributed by atoms with E-state index in [9.17, 15) is 57.3 Å². The van der Waals surface area contributed by atoms with E-state index < -0.39 is 119 Å². The van der Waals surface area contributed by atoms with E-state index in [0.29, 0.717) is 11.1 Å². The first-order valence-corrected chi connectivity index (χ1v) is 22.7. The number of phenols is 1. The zero-order chi connectivity index (χ0) is 49.7. The van der Waals surface area contributed by atoms with Crippen LogP contribution in [0, 0.1) is 5.92 Å². The highest BCUT2D eigenvalue weighted by molar-refractivity contribution is 7.80. The molecule has 2 saturated heterocycles. The highest BCUT2D eigenvalue weighted by atomic mass is 32.3. The number of hydrogen-bond acceptors (Lipinski definition) is 15. The molecule has 2 aromatic rings. The van der Waals surface area contributed by atoms with E-state index in [2.05, 4.69) is 30.4 Å². The number of amides is 6. The van der Waals surface area contributed by atoms with Crippen molar-refractivity contribution < 1.29 is 70.8 Å². The first-order valence-electron chi connectivity index (χ1n) is 21.3. The van der Waals surface area contributed by atoms with Gasteiger partial charge in [0.15, 0.2) is 12.1 Å². The van der Waals surface area contributed by atoms with Crippen molar-refractivity contribution in [3.63, 3.8) is 0 Å². The standard InChI is InChI=1S/C42H59N9O15S/c1-22(2)33-41(61)66-23(3)34(49-37(57)31(53)21-65-67(62,63)64)38(58)46-27(11-8-18-45-42(43)44)35(55)47-28-16-17-32(54)51(39(28)59)30(20-24-9-6-5-7-10-24)40(60)50(4)29(36(56)48-33)19-25-12-14-26(52)15-13-25/h5-7,9-10,12-15,22-23,27-34,52-54H,8,11,16-21H2,1-4H3,(H,46,58)(H,47,55)(H,48,56)(H,49,57)(H4,43,44,45)(H,62,63,64)/t23-,27?,28+,29+,30+,31?,32-,33?,34?/m0/s1. The maximum Gasteiger partial charge on any atom is 0.397 e. The maximum atomic E-state index is 15.0. The van der Waals surface area contributed by atoms with E-state index in [1.807, 2.05) is 0 Å². The van der Waals surface area contributed by atoms with Gasteiger partial charge in [-0.3, -0.25) is 38.3 Å². The van der Waals surface area contributed by atoms with Gasteiger partial charge in [0.1, 0.15) is 60.9 Å². The second-order valence-electron chi connectivity index (χ2n) is 16.5. The number of carbonyl (C=O) groups excluding carboxylic acids is 7. The third-order valence-corrected chi connectivity index (χ3v) is 11.5. The Balaban J connectivity index is 1.87. The number of nitrogens with two attached hydrogens (primary N) is 2. The molecule has 0 saturated carbocycles. The predicted octanol–water partition coefficient (Wildman–Crippen LogP) is -2.91. The van der Waals surface area contributed by atoms with E-state index in [1.54, 1.807) is 44.2 Å². The van der Waals surface area contributed by atoms with Gasteiger partial charge in [-0.2, -0.15) is 8.42 Å². The number of hydrogen-bond donors (Lipinski definition) is 10. The second-order valence-corrected chi connectivity index (χ2v) is 17.6. The summed E-state index contributed by atoms with van der Waals surface area (Å²) in [4.78, 5) is 106. The Kier molecular flexibility index (Phi) is 18.9. The summed E-state index contributed by atoms with van der Waals surface area (Å²) in [7, 11) is -3.82. The highest BCUT2D eigenvalue weighted by Gasteiger charge is 2.46. The Morgan fingerprint density at radius 1 is 0.910 bits per heavy atom. The fourth-order valence-electron chi connectivity index (χ4n) is 7.44. The van der Waals surface area contributed by atoms with Crippen LogP contribution in [0.15, 0.2) is 59.6 Å². The van der Waals surface area contributed by atoms with Crippen LogP contribution in [0.2, 0.25) is 0 Å². The smallest absolute Gasteiger partial charge is 0.397 e. The predicted molar refractivity (Wildman–Crippen MR) is 236 cm³/mol. The third kappa shape index (κ3) is 15.3. The summed E-state index contributed by atoms with van der Waals surface area (Å²) in [5.74, 6) is -8.40. The lowest BCUT2D eigenvalue weighted by Crippen LogP contribution is -2.65. The summed E-state index contributed by atoms with van der Waals surface area (Å²) in [5, 5.41) is 41.7. The molecule has 12 N–H and O–H groups in total. The van der Waals surface area contributed by atoms with Gasteiger partial charge >= 0.3 is 16.4 Å². The molecule has 0 aromatic heterocycles. The molecule has 2 aromatic carbocycles. The van der Waals surface area contributed by atoms with Crippen LogP contribution in [-0.2, 0) is 65.7 Å². The normalized spacial score (nSPS) is 25.4. The highest BCUT2D eigenvalue weighted by Crippen LogP contribution is 2.25. The van der Waals surface area contributed by atoms with Crippen LogP contribution in [0.4, 0.5) is 0 Å². The molecule has 2 aliphatic rings. The first-order chi connectivity index (χ1) is 31.5. The third-order valence-electron chi connectivity index (χ3n) is 11.1. The summed E-state index contributed by atoms with van der Waals surface area (Å²) in [6, 6.07) is 4.98. The number of piperidine rings is 1. The van der Waals surface area contributed by atoms with Crippen LogP contribution in [-0.4, -0.2) is 160 Å². The molecule has 2 heterocycles. The summed E-state index contributed by atoms with van der Waals surface area (Å²) >= 11 is 0. The van der Waals surface area contributed by atoms with Crippen LogP contribution in [0.25, 0.3) is 0 Å². The Labute approximate surface area is 386 Å². The van der Waals surface area contributed by atoms with E-state index in [0.717, 1.165) is 16.7 Å². The molecular weight excluding hydrogens is 903 g/mol. The van der Waals surface area contributed by atoms with Crippen molar-refractivity contribution >= 4 is 57.8 Å². The van der Waals surface area contributed by atoms with Crippen LogP contribution in [0.5, 0.6) is 5.75 Å². The number of nitrogens with zero attached hydrogens (tertiary/aromatic N) is 3. The Bertz CT molecular complexity index is 2230. The topological polar surface area (TPSA) is 372 Å². The summed E-state index contributed by atoms with van der Waals surface area (Å²) in [6.07, 6.45) is -6.33.